The average Bonchev–Trinajstić information content (AvgIpc) is 2.70. The number of urea groups is 1. The molecule has 134 valence electrons. The Labute approximate surface area is 151 Å². The number of benzene rings is 1. The lowest BCUT2D eigenvalue weighted by Crippen LogP contribution is -2.46. The number of hydrogen-bond donors (Lipinski definition) is 1. The lowest BCUT2D eigenvalue weighted by molar-refractivity contribution is 0.176. The monoisotopic (exact) mass is 351 g/mol. The molecule has 7 heteroatoms. The van der Waals surface area contributed by atoms with Crippen molar-refractivity contribution in [2.24, 2.45) is 5.92 Å². The molecule has 1 fully saturated rings. The summed E-state index contributed by atoms with van der Waals surface area (Å²) in [6, 6.07) is 14.8. The van der Waals surface area contributed by atoms with Crippen LogP contribution in [0.5, 0.6) is 0 Å². The van der Waals surface area contributed by atoms with Gasteiger partial charge in [0.15, 0.2) is 0 Å². The fourth-order valence-electron chi connectivity index (χ4n) is 3.02. The molecule has 0 bridgehead atoms. The fourth-order valence-corrected chi connectivity index (χ4v) is 3.02. The number of carbonyl (C=O) groups excluding carboxylic acids is 1. The number of carbonyl (C=O) groups is 1. The largest absolute Gasteiger partial charge is 0.336 e. The molecule has 2 heterocycles. The van der Waals surface area contributed by atoms with E-state index in [1.54, 1.807) is 11.0 Å². The molecule has 0 radical (unpaired) electrons. The number of nitriles is 1. The van der Waals surface area contributed by atoms with Crippen molar-refractivity contribution >= 4 is 6.03 Å². The van der Waals surface area contributed by atoms with Gasteiger partial charge >= 0.3 is 6.03 Å². The molecule has 0 aliphatic carbocycles. The van der Waals surface area contributed by atoms with Crippen molar-refractivity contribution in [1.29, 1.82) is 5.26 Å². The van der Waals surface area contributed by atoms with Crippen molar-refractivity contribution in [2.75, 3.05) is 19.6 Å². The number of amides is 2. The van der Waals surface area contributed by atoms with Crippen LogP contribution >= 0.6 is 0 Å². The van der Waals surface area contributed by atoms with Gasteiger partial charge in [-0.1, -0.05) is 30.3 Å². The molecular formula is C19H21N5O2. The van der Waals surface area contributed by atoms with Gasteiger partial charge in [-0.3, -0.25) is 4.79 Å². The Kier molecular flexibility index (Phi) is 5.64. The summed E-state index contributed by atoms with van der Waals surface area (Å²) in [5.41, 5.74) is 1.44. The molecule has 1 saturated heterocycles. The van der Waals surface area contributed by atoms with Crippen molar-refractivity contribution in [3.05, 3.63) is 52.8 Å². The predicted octanol–water partition coefficient (Wildman–Crippen LogP) is 1.86. The normalized spacial score (nSPS) is 16.7. The molecule has 7 nitrogen and oxygen atoms in total. The number of hydrogen-bond acceptors (Lipinski definition) is 4. The Morgan fingerprint density at radius 1 is 1.27 bits per heavy atom. The first kappa shape index (κ1) is 17.7. The highest BCUT2D eigenvalue weighted by Crippen LogP contribution is 2.15. The van der Waals surface area contributed by atoms with Crippen molar-refractivity contribution in [3.63, 3.8) is 0 Å². The lowest BCUT2D eigenvalue weighted by atomic mass is 10.0. The highest BCUT2D eigenvalue weighted by Gasteiger charge is 2.23. The Balaban J connectivity index is 1.59. The van der Waals surface area contributed by atoms with Gasteiger partial charge in [0.2, 0.25) is 0 Å². The Morgan fingerprint density at radius 2 is 2.08 bits per heavy atom. The summed E-state index contributed by atoms with van der Waals surface area (Å²) in [6.07, 6.45) is 1.68. The van der Waals surface area contributed by atoms with E-state index in [-0.39, 0.29) is 17.5 Å². The van der Waals surface area contributed by atoms with Crippen LogP contribution in [0.25, 0.3) is 11.3 Å². The standard InChI is InChI=1S/C19H21N5O2/c20-13-15-5-4-11-23(14-15)19(26)21-10-12-24-18(25)9-8-17(22-24)16-6-2-1-3-7-16/h1-3,6-9,15H,4-5,10-12,14H2,(H,21,26). The molecule has 26 heavy (non-hydrogen) atoms. The number of aromatic nitrogens is 2. The topological polar surface area (TPSA) is 91.0 Å². The van der Waals surface area contributed by atoms with E-state index in [0.717, 1.165) is 18.4 Å². The maximum absolute atomic E-state index is 12.2. The minimum absolute atomic E-state index is 0.0960. The zero-order valence-electron chi connectivity index (χ0n) is 14.5. The maximum atomic E-state index is 12.2. The van der Waals surface area contributed by atoms with Gasteiger partial charge in [-0.2, -0.15) is 10.4 Å². The highest BCUT2D eigenvalue weighted by atomic mass is 16.2. The average molecular weight is 351 g/mol. The second-order valence-corrected chi connectivity index (χ2v) is 6.29. The molecule has 1 aliphatic rings. The van der Waals surface area contributed by atoms with Gasteiger partial charge in [0, 0.05) is 31.3 Å². The van der Waals surface area contributed by atoms with Gasteiger partial charge in [0.1, 0.15) is 0 Å². The molecule has 3 rings (SSSR count). The third-order valence-electron chi connectivity index (χ3n) is 4.43. The number of rotatable bonds is 4. The Bertz CT molecular complexity index is 856. The first-order valence-electron chi connectivity index (χ1n) is 8.73. The molecule has 1 atom stereocenters. The van der Waals surface area contributed by atoms with Gasteiger partial charge in [-0.25, -0.2) is 9.48 Å². The van der Waals surface area contributed by atoms with Crippen molar-refractivity contribution in [2.45, 2.75) is 19.4 Å². The Morgan fingerprint density at radius 3 is 2.85 bits per heavy atom. The summed E-state index contributed by atoms with van der Waals surface area (Å²) in [5, 5.41) is 16.2. The van der Waals surface area contributed by atoms with Crippen molar-refractivity contribution in [1.82, 2.24) is 20.0 Å². The molecule has 1 aliphatic heterocycles. The minimum Gasteiger partial charge on any atom is -0.336 e. The molecule has 1 aromatic heterocycles. The summed E-state index contributed by atoms with van der Waals surface area (Å²) in [4.78, 5) is 25.9. The zero-order chi connectivity index (χ0) is 18.4. The van der Waals surface area contributed by atoms with Crippen LogP contribution in [0.3, 0.4) is 0 Å². The number of nitrogens with zero attached hydrogens (tertiary/aromatic N) is 4. The number of likely N-dealkylation sites (tertiary alicyclic amines) is 1. The predicted molar refractivity (Wildman–Crippen MR) is 97.2 cm³/mol. The van der Waals surface area contributed by atoms with E-state index in [0.29, 0.717) is 31.9 Å². The van der Waals surface area contributed by atoms with E-state index in [2.05, 4.69) is 16.5 Å². The summed E-state index contributed by atoms with van der Waals surface area (Å²) in [6.45, 7) is 1.72. The molecule has 1 aromatic carbocycles. The smallest absolute Gasteiger partial charge is 0.317 e. The summed E-state index contributed by atoms with van der Waals surface area (Å²) >= 11 is 0. The van der Waals surface area contributed by atoms with Gasteiger partial charge in [0.25, 0.3) is 5.56 Å². The summed E-state index contributed by atoms with van der Waals surface area (Å²) in [5.74, 6) is -0.0960. The lowest BCUT2D eigenvalue weighted by Gasteiger charge is -2.29. The third-order valence-corrected chi connectivity index (χ3v) is 4.43. The van der Waals surface area contributed by atoms with Crippen LogP contribution in [0.1, 0.15) is 12.8 Å². The molecule has 1 N–H and O–H groups in total. The van der Waals surface area contributed by atoms with E-state index in [1.165, 1.54) is 10.7 Å². The van der Waals surface area contributed by atoms with Crippen LogP contribution < -0.4 is 10.9 Å². The molecule has 0 spiro atoms. The molecule has 0 saturated carbocycles. The number of piperidine rings is 1. The van der Waals surface area contributed by atoms with Gasteiger partial charge < -0.3 is 10.2 Å². The van der Waals surface area contributed by atoms with Gasteiger partial charge in [-0.05, 0) is 18.9 Å². The molecular weight excluding hydrogens is 330 g/mol. The second kappa shape index (κ2) is 8.30. The summed E-state index contributed by atoms with van der Waals surface area (Å²) in [7, 11) is 0. The zero-order valence-corrected chi connectivity index (χ0v) is 14.5. The van der Waals surface area contributed by atoms with Gasteiger partial charge in [-0.15, -0.1) is 0 Å². The van der Waals surface area contributed by atoms with E-state index < -0.39 is 0 Å². The molecule has 1 unspecified atom stereocenters. The maximum Gasteiger partial charge on any atom is 0.317 e. The van der Waals surface area contributed by atoms with Gasteiger partial charge in [0.05, 0.1) is 24.2 Å². The van der Waals surface area contributed by atoms with E-state index in [1.807, 2.05) is 30.3 Å². The first-order valence-corrected chi connectivity index (χ1v) is 8.73. The van der Waals surface area contributed by atoms with Crippen LogP contribution in [0, 0.1) is 17.2 Å². The third kappa shape index (κ3) is 4.28. The van der Waals surface area contributed by atoms with Crippen molar-refractivity contribution in [3.8, 4) is 17.3 Å². The van der Waals surface area contributed by atoms with E-state index in [9.17, 15) is 9.59 Å². The van der Waals surface area contributed by atoms with Crippen molar-refractivity contribution < 1.29 is 4.79 Å². The number of nitrogens with one attached hydrogen (secondary N) is 1. The molecule has 2 aromatic rings. The van der Waals surface area contributed by atoms with E-state index in [4.69, 9.17) is 5.26 Å². The fraction of sp³-hybridized carbons (Fsp3) is 0.368. The first-order chi connectivity index (χ1) is 12.7. The SMILES string of the molecule is N#CC1CCCN(C(=O)NCCn2nc(-c3ccccc3)ccc2=O)C1. The van der Waals surface area contributed by atoms with Crippen LogP contribution in [0.15, 0.2) is 47.3 Å². The van der Waals surface area contributed by atoms with Crippen LogP contribution in [-0.2, 0) is 6.54 Å². The Hall–Kier alpha value is -3.14. The van der Waals surface area contributed by atoms with Crippen LogP contribution in [0.2, 0.25) is 0 Å². The minimum atomic E-state index is -0.207. The second-order valence-electron chi connectivity index (χ2n) is 6.29. The van der Waals surface area contributed by atoms with Crippen LogP contribution in [0.4, 0.5) is 4.79 Å². The summed E-state index contributed by atoms with van der Waals surface area (Å²) < 4.78 is 1.36. The highest BCUT2D eigenvalue weighted by molar-refractivity contribution is 5.74. The molecule has 2 amide bonds. The van der Waals surface area contributed by atoms with Crippen LogP contribution in [-0.4, -0.2) is 40.3 Å². The van der Waals surface area contributed by atoms with E-state index >= 15 is 0 Å². The quantitative estimate of drug-likeness (QED) is 0.910.